The zero-order chi connectivity index (χ0) is 13.0. The van der Waals surface area contributed by atoms with E-state index in [9.17, 15) is 8.42 Å². The minimum atomic E-state index is -3.47. The van der Waals surface area contributed by atoms with Crippen molar-refractivity contribution in [2.45, 2.75) is 12.3 Å². The van der Waals surface area contributed by atoms with Crippen LogP contribution in [0.1, 0.15) is 11.1 Å². The van der Waals surface area contributed by atoms with Crippen molar-refractivity contribution in [3.63, 3.8) is 0 Å². The van der Waals surface area contributed by atoms with Crippen LogP contribution in [0.15, 0.2) is 24.3 Å². The van der Waals surface area contributed by atoms with Crippen molar-refractivity contribution in [1.82, 2.24) is 10.2 Å². The standard InChI is InChI=1S/C12H19N3O2S/c13-18(16,17)10-12-4-2-1-3-11(12)9-15-7-5-14-6-8-15/h1-4,14H,5-10H2,(H2,13,16,17). The number of nitrogens with one attached hydrogen (secondary N) is 1. The highest BCUT2D eigenvalue weighted by atomic mass is 32.2. The molecule has 0 radical (unpaired) electrons. The lowest BCUT2D eigenvalue weighted by Gasteiger charge is -2.27. The molecule has 0 spiro atoms. The topological polar surface area (TPSA) is 75.4 Å². The Balaban J connectivity index is 2.11. The van der Waals surface area contributed by atoms with Gasteiger partial charge in [-0.1, -0.05) is 24.3 Å². The Hall–Kier alpha value is -0.950. The molecule has 0 unspecified atom stereocenters. The molecular weight excluding hydrogens is 250 g/mol. The average Bonchev–Trinajstić information content (AvgIpc) is 2.31. The van der Waals surface area contributed by atoms with Gasteiger partial charge in [0, 0.05) is 32.7 Å². The van der Waals surface area contributed by atoms with E-state index >= 15 is 0 Å². The molecule has 1 aromatic carbocycles. The molecule has 18 heavy (non-hydrogen) atoms. The van der Waals surface area contributed by atoms with Crippen LogP contribution in [0.3, 0.4) is 0 Å². The Labute approximate surface area is 108 Å². The van der Waals surface area contributed by atoms with Crippen LogP contribution < -0.4 is 10.5 Å². The van der Waals surface area contributed by atoms with Crippen LogP contribution in [0.2, 0.25) is 0 Å². The second-order valence-electron chi connectivity index (χ2n) is 4.60. The van der Waals surface area contributed by atoms with Gasteiger partial charge in [-0.15, -0.1) is 0 Å². The summed E-state index contributed by atoms with van der Waals surface area (Å²) < 4.78 is 22.4. The summed E-state index contributed by atoms with van der Waals surface area (Å²) in [6.07, 6.45) is 0. The molecule has 0 bridgehead atoms. The Morgan fingerprint density at radius 3 is 2.39 bits per heavy atom. The summed E-state index contributed by atoms with van der Waals surface area (Å²) >= 11 is 0. The third-order valence-electron chi connectivity index (χ3n) is 3.08. The summed E-state index contributed by atoms with van der Waals surface area (Å²) in [6.45, 7) is 4.73. The molecular formula is C12H19N3O2S. The lowest BCUT2D eigenvalue weighted by atomic mass is 10.1. The summed E-state index contributed by atoms with van der Waals surface area (Å²) in [5.74, 6) is -0.0880. The van der Waals surface area contributed by atoms with Gasteiger partial charge in [-0.3, -0.25) is 4.90 Å². The van der Waals surface area contributed by atoms with Crippen molar-refractivity contribution in [1.29, 1.82) is 0 Å². The number of sulfonamides is 1. The van der Waals surface area contributed by atoms with Crippen LogP contribution >= 0.6 is 0 Å². The van der Waals surface area contributed by atoms with E-state index in [-0.39, 0.29) is 5.75 Å². The van der Waals surface area contributed by atoms with E-state index in [0.717, 1.165) is 43.9 Å². The van der Waals surface area contributed by atoms with Crippen LogP contribution in [0.25, 0.3) is 0 Å². The molecule has 0 saturated carbocycles. The van der Waals surface area contributed by atoms with Crippen molar-refractivity contribution in [3.05, 3.63) is 35.4 Å². The number of piperazine rings is 1. The zero-order valence-electron chi connectivity index (χ0n) is 10.3. The molecule has 6 heteroatoms. The van der Waals surface area contributed by atoms with Crippen molar-refractivity contribution >= 4 is 10.0 Å². The number of benzene rings is 1. The van der Waals surface area contributed by atoms with Gasteiger partial charge in [0.1, 0.15) is 0 Å². The number of nitrogens with two attached hydrogens (primary N) is 1. The van der Waals surface area contributed by atoms with Crippen molar-refractivity contribution in [2.24, 2.45) is 5.14 Å². The highest BCUT2D eigenvalue weighted by Crippen LogP contribution is 2.14. The summed E-state index contributed by atoms with van der Waals surface area (Å²) in [5.41, 5.74) is 1.85. The van der Waals surface area contributed by atoms with E-state index < -0.39 is 10.0 Å². The Morgan fingerprint density at radius 1 is 1.17 bits per heavy atom. The van der Waals surface area contributed by atoms with Gasteiger partial charge in [-0.05, 0) is 11.1 Å². The molecule has 0 amide bonds. The molecule has 3 N–H and O–H groups in total. The van der Waals surface area contributed by atoms with E-state index in [0.29, 0.717) is 0 Å². The molecule has 1 aliphatic heterocycles. The Kier molecular flexibility index (Phi) is 4.34. The first kappa shape index (κ1) is 13.5. The number of hydrogen-bond donors (Lipinski definition) is 2. The molecule has 1 aromatic rings. The molecule has 1 aliphatic rings. The monoisotopic (exact) mass is 269 g/mol. The maximum absolute atomic E-state index is 11.2. The molecule has 100 valence electrons. The summed E-state index contributed by atoms with van der Waals surface area (Å²) in [5, 5.41) is 8.41. The number of rotatable bonds is 4. The molecule has 5 nitrogen and oxygen atoms in total. The highest BCUT2D eigenvalue weighted by molar-refractivity contribution is 7.88. The fraction of sp³-hybridized carbons (Fsp3) is 0.500. The fourth-order valence-electron chi connectivity index (χ4n) is 2.18. The Morgan fingerprint density at radius 2 is 1.78 bits per heavy atom. The maximum Gasteiger partial charge on any atom is 0.213 e. The first-order valence-electron chi connectivity index (χ1n) is 6.05. The van der Waals surface area contributed by atoms with Crippen molar-refractivity contribution < 1.29 is 8.42 Å². The third-order valence-corrected chi connectivity index (χ3v) is 3.79. The number of nitrogens with zero attached hydrogens (tertiary/aromatic N) is 1. The number of primary sulfonamides is 1. The van der Waals surface area contributed by atoms with Crippen LogP contribution in [0, 0.1) is 0 Å². The van der Waals surface area contributed by atoms with Gasteiger partial charge in [-0.2, -0.15) is 0 Å². The quantitative estimate of drug-likeness (QED) is 0.799. The predicted octanol–water partition coefficient (Wildman–Crippen LogP) is -0.120. The lowest BCUT2D eigenvalue weighted by Crippen LogP contribution is -2.43. The minimum Gasteiger partial charge on any atom is -0.314 e. The van der Waals surface area contributed by atoms with Gasteiger partial charge in [-0.25, -0.2) is 13.6 Å². The maximum atomic E-state index is 11.2. The minimum absolute atomic E-state index is 0.0880. The zero-order valence-corrected chi connectivity index (χ0v) is 11.1. The van der Waals surface area contributed by atoms with Gasteiger partial charge < -0.3 is 5.32 Å². The van der Waals surface area contributed by atoms with E-state index in [1.54, 1.807) is 0 Å². The van der Waals surface area contributed by atoms with E-state index in [1.807, 2.05) is 24.3 Å². The first-order chi connectivity index (χ1) is 8.54. The van der Waals surface area contributed by atoms with Crippen LogP contribution in [0.5, 0.6) is 0 Å². The molecule has 0 atom stereocenters. The van der Waals surface area contributed by atoms with Crippen molar-refractivity contribution in [2.75, 3.05) is 26.2 Å². The summed E-state index contributed by atoms with van der Waals surface area (Å²) in [6, 6.07) is 7.59. The van der Waals surface area contributed by atoms with Gasteiger partial charge in [0.2, 0.25) is 10.0 Å². The number of hydrogen-bond acceptors (Lipinski definition) is 4. The molecule has 1 saturated heterocycles. The van der Waals surface area contributed by atoms with E-state index in [2.05, 4.69) is 10.2 Å². The SMILES string of the molecule is NS(=O)(=O)Cc1ccccc1CN1CCNCC1. The second kappa shape index (κ2) is 5.79. The first-order valence-corrected chi connectivity index (χ1v) is 7.76. The normalized spacial score (nSPS) is 17.8. The van der Waals surface area contributed by atoms with Crippen molar-refractivity contribution in [3.8, 4) is 0 Å². The molecule has 1 heterocycles. The average molecular weight is 269 g/mol. The molecule has 1 fully saturated rings. The summed E-state index contributed by atoms with van der Waals surface area (Å²) in [7, 11) is -3.47. The van der Waals surface area contributed by atoms with E-state index in [4.69, 9.17) is 5.14 Å². The Bertz CT molecular complexity index is 496. The molecule has 0 aromatic heterocycles. The smallest absolute Gasteiger partial charge is 0.213 e. The van der Waals surface area contributed by atoms with Gasteiger partial charge in [0.05, 0.1) is 5.75 Å². The largest absolute Gasteiger partial charge is 0.314 e. The second-order valence-corrected chi connectivity index (χ2v) is 6.22. The predicted molar refractivity (Wildman–Crippen MR) is 71.4 cm³/mol. The van der Waals surface area contributed by atoms with Crippen LogP contribution in [-0.2, 0) is 22.3 Å². The van der Waals surface area contributed by atoms with E-state index in [1.165, 1.54) is 0 Å². The van der Waals surface area contributed by atoms with Crippen LogP contribution in [0.4, 0.5) is 0 Å². The highest BCUT2D eigenvalue weighted by Gasteiger charge is 2.14. The molecule has 2 rings (SSSR count). The summed E-state index contributed by atoms with van der Waals surface area (Å²) in [4.78, 5) is 2.32. The van der Waals surface area contributed by atoms with Gasteiger partial charge in [0.25, 0.3) is 0 Å². The fourth-order valence-corrected chi connectivity index (χ4v) is 2.89. The third kappa shape index (κ3) is 4.06. The van der Waals surface area contributed by atoms with Gasteiger partial charge in [0.15, 0.2) is 0 Å². The van der Waals surface area contributed by atoms with Crippen LogP contribution in [-0.4, -0.2) is 39.5 Å². The lowest BCUT2D eigenvalue weighted by molar-refractivity contribution is 0.233. The molecule has 0 aliphatic carbocycles. The van der Waals surface area contributed by atoms with Gasteiger partial charge >= 0.3 is 0 Å².